The molecule has 1 saturated carbocycles. The highest BCUT2D eigenvalue weighted by atomic mass is 32.1. The molecule has 0 N–H and O–H groups in total. The minimum atomic E-state index is -0.0102. The van der Waals surface area contributed by atoms with Gasteiger partial charge in [-0.25, -0.2) is 4.98 Å². The normalized spacial score (nSPS) is 23.1. The number of fused-ring (bicyclic) bond motifs is 1. The van der Waals surface area contributed by atoms with Gasteiger partial charge in [0, 0.05) is 37.0 Å². The highest BCUT2D eigenvalue weighted by Gasteiger charge is 2.41. The molecule has 1 saturated heterocycles. The lowest BCUT2D eigenvalue weighted by molar-refractivity contribution is -0.133. The number of thiazole rings is 1. The first-order valence-corrected chi connectivity index (χ1v) is 11.1. The lowest BCUT2D eigenvalue weighted by Crippen LogP contribution is -2.49. The molecule has 2 aromatic rings. The molecule has 2 aliphatic heterocycles. The molecule has 4 nitrogen and oxygen atoms in total. The second kappa shape index (κ2) is 6.40. The molecule has 132 valence electrons. The van der Waals surface area contributed by atoms with Gasteiger partial charge in [-0.15, -0.1) is 0 Å². The molecule has 1 amide bonds. The van der Waals surface area contributed by atoms with E-state index in [4.69, 9.17) is 4.98 Å². The van der Waals surface area contributed by atoms with Crippen molar-refractivity contribution in [1.29, 1.82) is 0 Å². The van der Waals surface area contributed by atoms with Crippen LogP contribution in [0.4, 0.5) is 5.00 Å². The zero-order valence-electron chi connectivity index (χ0n) is 14.3. The molecule has 0 spiro atoms. The van der Waals surface area contributed by atoms with Crippen LogP contribution in [0.15, 0.2) is 16.8 Å². The van der Waals surface area contributed by atoms with Gasteiger partial charge in [0.25, 0.3) is 0 Å². The molecule has 6 heteroatoms. The Labute approximate surface area is 156 Å². The average molecular weight is 374 g/mol. The van der Waals surface area contributed by atoms with E-state index < -0.39 is 0 Å². The van der Waals surface area contributed by atoms with Gasteiger partial charge in [-0.3, -0.25) is 4.79 Å². The monoisotopic (exact) mass is 373 g/mol. The zero-order chi connectivity index (χ0) is 16.8. The van der Waals surface area contributed by atoms with E-state index in [2.05, 4.69) is 26.6 Å². The van der Waals surface area contributed by atoms with E-state index in [-0.39, 0.29) is 6.04 Å². The summed E-state index contributed by atoms with van der Waals surface area (Å²) in [5, 5.41) is 6.63. The van der Waals surface area contributed by atoms with Crippen LogP contribution < -0.4 is 4.90 Å². The second-order valence-electron chi connectivity index (χ2n) is 7.48. The van der Waals surface area contributed by atoms with Crippen molar-refractivity contribution in [1.82, 2.24) is 9.88 Å². The van der Waals surface area contributed by atoms with Crippen molar-refractivity contribution in [2.45, 2.75) is 44.6 Å². The highest BCUT2D eigenvalue weighted by Crippen LogP contribution is 2.44. The molecule has 2 aromatic heterocycles. The summed E-state index contributed by atoms with van der Waals surface area (Å²) >= 11 is 3.49. The summed E-state index contributed by atoms with van der Waals surface area (Å²) in [6.45, 7) is 2.91. The Bertz CT molecular complexity index is 760. The van der Waals surface area contributed by atoms with Crippen LogP contribution in [0.25, 0.3) is 10.6 Å². The Morgan fingerprint density at radius 2 is 2.08 bits per heavy atom. The minimum absolute atomic E-state index is 0.0102. The number of carbonyl (C=O) groups excluding carboxylic acids is 1. The van der Waals surface area contributed by atoms with Crippen LogP contribution in [0.1, 0.15) is 37.8 Å². The van der Waals surface area contributed by atoms with Gasteiger partial charge in [0.2, 0.25) is 5.91 Å². The van der Waals surface area contributed by atoms with Gasteiger partial charge in [0.15, 0.2) is 0 Å². The number of thiophene rings is 1. The summed E-state index contributed by atoms with van der Waals surface area (Å²) in [7, 11) is 0. The lowest BCUT2D eigenvalue weighted by atomic mass is 10.1. The van der Waals surface area contributed by atoms with E-state index in [0.717, 1.165) is 55.5 Å². The molecular weight excluding hydrogens is 350 g/mol. The number of carbonyl (C=O) groups is 1. The third kappa shape index (κ3) is 2.99. The molecular formula is C19H23N3OS2. The molecule has 0 radical (unpaired) electrons. The first-order valence-electron chi connectivity index (χ1n) is 9.37. The maximum Gasteiger partial charge on any atom is 0.245 e. The van der Waals surface area contributed by atoms with Crippen molar-refractivity contribution >= 4 is 33.6 Å². The fourth-order valence-corrected chi connectivity index (χ4v) is 5.84. The first-order chi connectivity index (χ1) is 12.3. The van der Waals surface area contributed by atoms with Crippen LogP contribution in [-0.2, 0) is 11.2 Å². The number of likely N-dealkylation sites (tertiary alicyclic amines) is 1. The van der Waals surface area contributed by atoms with Crippen molar-refractivity contribution in [2.24, 2.45) is 5.92 Å². The number of hydrogen-bond donors (Lipinski definition) is 0. The third-order valence-corrected chi connectivity index (χ3v) is 7.44. The largest absolute Gasteiger partial charge is 0.349 e. The van der Waals surface area contributed by atoms with E-state index in [9.17, 15) is 4.79 Å². The first kappa shape index (κ1) is 15.8. The van der Waals surface area contributed by atoms with Crippen molar-refractivity contribution in [3.63, 3.8) is 0 Å². The van der Waals surface area contributed by atoms with Crippen LogP contribution in [0.5, 0.6) is 0 Å². The smallest absolute Gasteiger partial charge is 0.245 e. The van der Waals surface area contributed by atoms with E-state index in [1.807, 2.05) is 0 Å². The van der Waals surface area contributed by atoms with Crippen molar-refractivity contribution in [3.05, 3.63) is 22.5 Å². The molecule has 1 aliphatic carbocycles. The molecule has 3 aliphatic rings. The van der Waals surface area contributed by atoms with Gasteiger partial charge < -0.3 is 9.80 Å². The summed E-state index contributed by atoms with van der Waals surface area (Å²) in [6.07, 6.45) is 6.99. The van der Waals surface area contributed by atoms with E-state index in [0.29, 0.717) is 5.91 Å². The van der Waals surface area contributed by atoms with Crippen LogP contribution in [0.3, 0.4) is 0 Å². The van der Waals surface area contributed by atoms with Crippen LogP contribution in [-0.4, -0.2) is 41.5 Å². The number of aromatic nitrogens is 1. The highest BCUT2D eigenvalue weighted by molar-refractivity contribution is 7.19. The SMILES string of the molecule is O=C(C1Cc2nc(-c3ccsc3)sc2N1CC1CC1)N1CCCCC1. The van der Waals surface area contributed by atoms with Gasteiger partial charge >= 0.3 is 0 Å². The number of anilines is 1. The standard InChI is InChI=1S/C19H23N3OS2/c23-18(21-7-2-1-3-8-21)16-10-15-19(22(16)11-13-4-5-13)25-17(20-15)14-6-9-24-12-14/h6,9,12-13,16H,1-5,7-8,10-11H2. The molecule has 0 bridgehead atoms. The van der Waals surface area contributed by atoms with Crippen LogP contribution in [0, 0.1) is 5.92 Å². The average Bonchev–Trinajstić information content (AvgIpc) is 3.02. The van der Waals surface area contributed by atoms with Gasteiger partial charge in [0.05, 0.1) is 5.69 Å². The summed E-state index contributed by atoms with van der Waals surface area (Å²) in [5.41, 5.74) is 2.36. The Balaban J connectivity index is 1.42. The molecule has 5 rings (SSSR count). The second-order valence-corrected chi connectivity index (χ2v) is 9.24. The van der Waals surface area contributed by atoms with Crippen molar-refractivity contribution < 1.29 is 4.79 Å². The Kier molecular flexibility index (Phi) is 4.05. The molecule has 2 fully saturated rings. The van der Waals surface area contributed by atoms with Gasteiger partial charge in [0.1, 0.15) is 16.1 Å². The fraction of sp³-hybridized carbons (Fsp3) is 0.579. The number of nitrogens with zero attached hydrogens (tertiary/aromatic N) is 3. The minimum Gasteiger partial charge on any atom is -0.349 e. The summed E-state index contributed by atoms with van der Waals surface area (Å²) in [5.74, 6) is 1.11. The van der Waals surface area contributed by atoms with Crippen LogP contribution in [0.2, 0.25) is 0 Å². The van der Waals surface area contributed by atoms with E-state index in [1.54, 1.807) is 22.7 Å². The number of hydrogen-bond acceptors (Lipinski definition) is 5. The van der Waals surface area contributed by atoms with E-state index >= 15 is 0 Å². The maximum atomic E-state index is 13.2. The molecule has 25 heavy (non-hydrogen) atoms. The summed E-state index contributed by atoms with van der Waals surface area (Å²) < 4.78 is 0. The van der Waals surface area contributed by atoms with Crippen LogP contribution >= 0.6 is 22.7 Å². The predicted molar refractivity (Wildman–Crippen MR) is 103 cm³/mol. The number of rotatable bonds is 4. The van der Waals surface area contributed by atoms with Crippen molar-refractivity contribution in [2.75, 3.05) is 24.5 Å². The van der Waals surface area contributed by atoms with Gasteiger partial charge in [-0.2, -0.15) is 11.3 Å². The zero-order valence-corrected chi connectivity index (χ0v) is 16.0. The quantitative estimate of drug-likeness (QED) is 0.812. The number of piperidine rings is 1. The van der Waals surface area contributed by atoms with Gasteiger partial charge in [-0.1, -0.05) is 11.3 Å². The molecule has 0 aromatic carbocycles. The van der Waals surface area contributed by atoms with Crippen molar-refractivity contribution in [3.8, 4) is 10.6 Å². The number of amides is 1. The maximum absolute atomic E-state index is 13.2. The Morgan fingerprint density at radius 3 is 2.80 bits per heavy atom. The topological polar surface area (TPSA) is 36.4 Å². The summed E-state index contributed by atoms with van der Waals surface area (Å²) in [6, 6.07) is 2.13. The predicted octanol–water partition coefficient (Wildman–Crippen LogP) is 4.03. The van der Waals surface area contributed by atoms with Gasteiger partial charge in [-0.05, 0) is 49.5 Å². The fourth-order valence-electron chi connectivity index (χ4n) is 3.98. The third-order valence-electron chi connectivity index (χ3n) is 5.57. The van der Waals surface area contributed by atoms with E-state index in [1.165, 1.54) is 29.8 Å². The molecule has 1 atom stereocenters. The Hall–Kier alpha value is -1.40. The lowest BCUT2D eigenvalue weighted by Gasteiger charge is -2.33. The molecule has 1 unspecified atom stereocenters. The Morgan fingerprint density at radius 1 is 1.24 bits per heavy atom. The molecule has 4 heterocycles. The summed E-state index contributed by atoms with van der Waals surface area (Å²) in [4.78, 5) is 22.6.